The van der Waals surface area contributed by atoms with Crippen LogP contribution in [-0.2, 0) is 10.0 Å². The monoisotopic (exact) mass is 449 g/mol. The first-order chi connectivity index (χ1) is 12.7. The molecule has 0 radical (unpaired) electrons. The van der Waals surface area contributed by atoms with E-state index >= 15 is 0 Å². The third-order valence-electron chi connectivity index (χ3n) is 3.73. The number of carbonyl (C=O) groups is 1. The summed E-state index contributed by atoms with van der Waals surface area (Å²) >= 11 is 3.37. The van der Waals surface area contributed by atoms with Gasteiger partial charge in [0.15, 0.2) is 5.78 Å². The van der Waals surface area contributed by atoms with Gasteiger partial charge in [-0.15, -0.1) is 10.2 Å². The molecule has 2 aromatic carbocycles. The molecule has 0 aliphatic rings. The van der Waals surface area contributed by atoms with Crippen molar-refractivity contribution in [2.45, 2.75) is 13.0 Å². The molecule has 3 aromatic rings. The van der Waals surface area contributed by atoms with Gasteiger partial charge in [0.05, 0.1) is 6.26 Å². The Hall–Kier alpha value is -2.59. The van der Waals surface area contributed by atoms with Crippen LogP contribution in [0.15, 0.2) is 53.0 Å². The Kier molecular flexibility index (Phi) is 5.38. The van der Waals surface area contributed by atoms with Gasteiger partial charge < -0.3 is 0 Å². The number of aromatic nitrogens is 4. The molecule has 10 heteroatoms. The van der Waals surface area contributed by atoms with E-state index in [-0.39, 0.29) is 5.78 Å². The van der Waals surface area contributed by atoms with Crippen LogP contribution < -0.4 is 4.72 Å². The van der Waals surface area contributed by atoms with Gasteiger partial charge in [0.2, 0.25) is 15.8 Å². The molecule has 1 heterocycles. The second-order valence-corrected chi connectivity index (χ2v) is 8.60. The Morgan fingerprint density at radius 1 is 1.11 bits per heavy atom. The van der Waals surface area contributed by atoms with Crippen molar-refractivity contribution in [1.29, 1.82) is 0 Å². The number of rotatable bonds is 6. The highest BCUT2D eigenvalue weighted by molar-refractivity contribution is 9.10. The van der Waals surface area contributed by atoms with E-state index in [4.69, 9.17) is 0 Å². The average Bonchev–Trinajstić information content (AvgIpc) is 3.10. The molecule has 0 bridgehead atoms. The fourth-order valence-electron chi connectivity index (χ4n) is 2.37. The van der Waals surface area contributed by atoms with Crippen LogP contribution in [0.2, 0.25) is 0 Å². The van der Waals surface area contributed by atoms with Crippen molar-refractivity contribution in [1.82, 2.24) is 20.2 Å². The number of nitrogens with one attached hydrogen (secondary N) is 1. The maximum absolute atomic E-state index is 12.7. The second kappa shape index (κ2) is 7.57. The average molecular weight is 450 g/mol. The summed E-state index contributed by atoms with van der Waals surface area (Å²) in [5.74, 6) is 0.218. The summed E-state index contributed by atoms with van der Waals surface area (Å²) in [6, 6.07) is 13.0. The van der Waals surface area contributed by atoms with Crippen molar-refractivity contribution in [2.75, 3.05) is 11.0 Å². The number of Topliss-reactive ketones (excluding diaryl/α,β-unsaturated/α-hetero) is 1. The zero-order chi connectivity index (χ0) is 19.6. The van der Waals surface area contributed by atoms with Crippen molar-refractivity contribution >= 4 is 37.4 Å². The fourth-order valence-corrected chi connectivity index (χ4v) is 3.19. The number of ketones is 1. The zero-order valence-electron chi connectivity index (χ0n) is 14.5. The molecule has 3 rings (SSSR count). The first-order valence-electron chi connectivity index (χ1n) is 7.90. The number of nitrogens with zero attached hydrogens (tertiary/aromatic N) is 4. The Morgan fingerprint density at radius 2 is 1.74 bits per heavy atom. The fraction of sp³-hybridized carbons (Fsp3) is 0.176. The molecule has 8 nitrogen and oxygen atoms in total. The minimum absolute atomic E-state index is 0.208. The smallest absolute Gasteiger partial charge is 0.229 e. The van der Waals surface area contributed by atoms with E-state index in [9.17, 15) is 13.2 Å². The molecular weight excluding hydrogens is 434 g/mol. The van der Waals surface area contributed by atoms with Crippen molar-refractivity contribution < 1.29 is 13.2 Å². The van der Waals surface area contributed by atoms with Crippen LogP contribution in [-0.4, -0.2) is 40.7 Å². The van der Waals surface area contributed by atoms with Crippen LogP contribution in [0.5, 0.6) is 0 Å². The number of hydrogen-bond acceptors (Lipinski definition) is 6. The van der Waals surface area contributed by atoms with Crippen molar-refractivity contribution in [3.8, 4) is 11.4 Å². The molecule has 0 aliphatic carbocycles. The van der Waals surface area contributed by atoms with Gasteiger partial charge in [-0.05, 0) is 60.7 Å². The maximum Gasteiger partial charge on any atom is 0.229 e. The van der Waals surface area contributed by atoms with Gasteiger partial charge in [-0.1, -0.05) is 15.9 Å². The van der Waals surface area contributed by atoms with Crippen LogP contribution >= 0.6 is 15.9 Å². The number of anilines is 1. The van der Waals surface area contributed by atoms with E-state index in [0.717, 1.165) is 16.3 Å². The molecule has 0 saturated carbocycles. The SMILES string of the molecule is CC(C(=O)c1ccc(NS(C)(=O)=O)cc1)n1nnc(-c2ccc(Br)cc2)n1. The van der Waals surface area contributed by atoms with Gasteiger partial charge in [-0.3, -0.25) is 9.52 Å². The number of benzene rings is 2. The molecule has 0 fully saturated rings. The van der Waals surface area contributed by atoms with Crippen LogP contribution in [0.1, 0.15) is 23.3 Å². The largest absolute Gasteiger partial charge is 0.292 e. The lowest BCUT2D eigenvalue weighted by Gasteiger charge is -2.10. The van der Waals surface area contributed by atoms with E-state index < -0.39 is 16.1 Å². The topological polar surface area (TPSA) is 107 Å². The summed E-state index contributed by atoms with van der Waals surface area (Å²) < 4.78 is 25.8. The highest BCUT2D eigenvalue weighted by Crippen LogP contribution is 2.20. The van der Waals surface area contributed by atoms with E-state index in [0.29, 0.717) is 17.1 Å². The molecule has 0 aliphatic heterocycles. The summed E-state index contributed by atoms with van der Waals surface area (Å²) in [5.41, 5.74) is 1.60. The normalized spacial score (nSPS) is 12.6. The number of tetrazole rings is 1. The molecule has 0 saturated heterocycles. The quantitative estimate of drug-likeness (QED) is 0.579. The number of sulfonamides is 1. The van der Waals surface area contributed by atoms with Gasteiger partial charge in [0, 0.05) is 21.3 Å². The third kappa shape index (κ3) is 4.77. The summed E-state index contributed by atoms with van der Waals surface area (Å²) in [6.07, 6.45) is 1.06. The van der Waals surface area contributed by atoms with E-state index in [1.807, 2.05) is 24.3 Å². The van der Waals surface area contributed by atoms with Crippen LogP contribution in [0.3, 0.4) is 0 Å². The van der Waals surface area contributed by atoms with Crippen LogP contribution in [0.4, 0.5) is 5.69 Å². The summed E-state index contributed by atoms with van der Waals surface area (Å²) in [4.78, 5) is 13.9. The second-order valence-electron chi connectivity index (χ2n) is 5.93. The van der Waals surface area contributed by atoms with Crippen LogP contribution in [0.25, 0.3) is 11.4 Å². The summed E-state index contributed by atoms with van der Waals surface area (Å²) in [6.45, 7) is 1.68. The predicted octanol–water partition coefficient (Wildman–Crippen LogP) is 2.92. The van der Waals surface area contributed by atoms with Gasteiger partial charge in [-0.25, -0.2) is 8.42 Å². The lowest BCUT2D eigenvalue weighted by molar-refractivity contribution is 0.0918. The Labute approximate surface area is 164 Å². The molecule has 140 valence electrons. The van der Waals surface area contributed by atoms with Crippen molar-refractivity contribution in [3.05, 3.63) is 58.6 Å². The molecule has 0 spiro atoms. The Morgan fingerprint density at radius 3 is 2.33 bits per heavy atom. The lowest BCUT2D eigenvalue weighted by atomic mass is 10.1. The molecule has 1 aromatic heterocycles. The minimum Gasteiger partial charge on any atom is -0.292 e. The van der Waals surface area contributed by atoms with Crippen LogP contribution in [0, 0.1) is 0 Å². The molecule has 1 atom stereocenters. The highest BCUT2D eigenvalue weighted by Gasteiger charge is 2.20. The standard InChI is InChI=1S/C17H16BrN5O3S/c1-11(16(24)12-5-9-15(10-6-12)21-27(2,25)26)23-20-17(19-22-23)13-3-7-14(18)8-4-13/h3-11,21H,1-2H3. The van der Waals surface area contributed by atoms with E-state index in [1.54, 1.807) is 19.1 Å². The van der Waals surface area contributed by atoms with E-state index in [2.05, 4.69) is 36.1 Å². The number of carbonyl (C=O) groups excluding carboxylic acids is 1. The maximum atomic E-state index is 12.7. The van der Waals surface area contributed by atoms with Gasteiger partial charge in [0.25, 0.3) is 0 Å². The Balaban J connectivity index is 1.76. The molecule has 0 amide bonds. The number of hydrogen-bond donors (Lipinski definition) is 1. The minimum atomic E-state index is -3.37. The summed E-state index contributed by atoms with van der Waals surface area (Å²) in [5, 5.41) is 12.3. The molecular formula is C17H16BrN5O3S. The highest BCUT2D eigenvalue weighted by atomic mass is 79.9. The van der Waals surface area contributed by atoms with Crippen molar-refractivity contribution in [2.24, 2.45) is 0 Å². The number of halogens is 1. The zero-order valence-corrected chi connectivity index (χ0v) is 16.9. The Bertz CT molecular complexity index is 1060. The van der Waals surface area contributed by atoms with Gasteiger partial charge >= 0.3 is 0 Å². The lowest BCUT2D eigenvalue weighted by Crippen LogP contribution is -2.19. The molecule has 1 unspecified atom stereocenters. The molecule has 27 heavy (non-hydrogen) atoms. The van der Waals surface area contributed by atoms with E-state index in [1.165, 1.54) is 16.9 Å². The first-order valence-corrected chi connectivity index (χ1v) is 10.6. The first kappa shape index (κ1) is 19.2. The predicted molar refractivity (Wildman–Crippen MR) is 105 cm³/mol. The third-order valence-corrected chi connectivity index (χ3v) is 4.86. The van der Waals surface area contributed by atoms with Gasteiger partial charge in [0.1, 0.15) is 6.04 Å². The van der Waals surface area contributed by atoms with Crippen molar-refractivity contribution in [3.63, 3.8) is 0 Å². The summed E-state index contributed by atoms with van der Waals surface area (Å²) in [7, 11) is -3.37. The van der Waals surface area contributed by atoms with Gasteiger partial charge in [-0.2, -0.15) is 4.80 Å². The molecule has 1 N–H and O–H groups in total.